The third-order valence-corrected chi connectivity index (χ3v) is 5.39. The van der Waals surface area contributed by atoms with Gasteiger partial charge in [0.1, 0.15) is 0 Å². The minimum Gasteiger partial charge on any atom is -0.382 e. The Bertz CT molecular complexity index is 440. The largest absolute Gasteiger partial charge is 0.382 e. The summed E-state index contributed by atoms with van der Waals surface area (Å²) < 4.78 is 1.32. The van der Waals surface area contributed by atoms with E-state index in [1.165, 1.54) is 53.5 Å². The number of halogens is 1. The highest BCUT2D eigenvalue weighted by Gasteiger charge is 2.34. The lowest BCUT2D eigenvalue weighted by Gasteiger charge is -2.28. The number of rotatable bonds is 3. The Balaban J connectivity index is 1.70. The van der Waals surface area contributed by atoms with Crippen molar-refractivity contribution in [2.75, 3.05) is 11.9 Å². The van der Waals surface area contributed by atoms with Crippen LogP contribution in [0.1, 0.15) is 37.7 Å². The smallest absolute Gasteiger partial charge is 0.0372 e. The number of benzene rings is 1. The van der Waals surface area contributed by atoms with Gasteiger partial charge in [0.05, 0.1) is 0 Å². The van der Waals surface area contributed by atoms with Crippen LogP contribution in [0.25, 0.3) is 0 Å². The molecule has 0 aromatic heterocycles. The fourth-order valence-corrected chi connectivity index (χ4v) is 4.36. The summed E-state index contributed by atoms with van der Waals surface area (Å²) in [6.07, 6.45) is 6.82. The van der Waals surface area contributed by atoms with Crippen LogP contribution in [0.4, 0.5) is 5.69 Å². The van der Waals surface area contributed by atoms with Gasteiger partial charge in [-0.25, -0.2) is 0 Å². The van der Waals surface area contributed by atoms with Gasteiger partial charge in [-0.15, -0.1) is 0 Å². The second-order valence-electron chi connectivity index (χ2n) is 6.01. The van der Waals surface area contributed by atoms with Crippen LogP contribution >= 0.6 is 22.6 Å². The molecule has 1 aromatic rings. The fraction of sp³-hybridized carbons (Fsp3) is 0.625. The van der Waals surface area contributed by atoms with E-state index < -0.39 is 0 Å². The van der Waals surface area contributed by atoms with Gasteiger partial charge in [0.15, 0.2) is 0 Å². The van der Waals surface area contributed by atoms with Crippen molar-refractivity contribution >= 4 is 28.3 Å². The number of nitrogens with one attached hydrogen (secondary N) is 2. The van der Waals surface area contributed by atoms with Crippen molar-refractivity contribution in [2.24, 2.45) is 5.92 Å². The van der Waals surface area contributed by atoms with Crippen molar-refractivity contribution in [3.63, 3.8) is 0 Å². The summed E-state index contributed by atoms with van der Waals surface area (Å²) in [5.41, 5.74) is 2.70. The molecule has 3 unspecified atom stereocenters. The van der Waals surface area contributed by atoms with Gasteiger partial charge in [-0.2, -0.15) is 0 Å². The molecule has 1 saturated heterocycles. The van der Waals surface area contributed by atoms with E-state index in [2.05, 4.69) is 58.3 Å². The number of hydrogen-bond donors (Lipinski definition) is 2. The van der Waals surface area contributed by atoms with Crippen LogP contribution in [0.15, 0.2) is 18.2 Å². The third-order valence-electron chi connectivity index (χ3n) is 4.71. The lowest BCUT2D eigenvalue weighted by atomic mass is 9.93. The number of anilines is 1. The molecule has 19 heavy (non-hydrogen) atoms. The zero-order chi connectivity index (χ0) is 13.2. The molecule has 1 saturated carbocycles. The Morgan fingerprint density at radius 3 is 2.84 bits per heavy atom. The maximum absolute atomic E-state index is 3.82. The average Bonchev–Trinajstić information content (AvgIpc) is 3.03. The van der Waals surface area contributed by atoms with E-state index in [1.54, 1.807) is 0 Å². The molecule has 2 aliphatic rings. The van der Waals surface area contributed by atoms with Crippen molar-refractivity contribution in [1.29, 1.82) is 0 Å². The summed E-state index contributed by atoms with van der Waals surface area (Å²) in [6, 6.07) is 8.13. The first-order chi connectivity index (χ1) is 9.24. The van der Waals surface area contributed by atoms with E-state index >= 15 is 0 Å². The summed E-state index contributed by atoms with van der Waals surface area (Å²) in [5.74, 6) is 0.821. The van der Waals surface area contributed by atoms with Crippen molar-refractivity contribution < 1.29 is 0 Å². The zero-order valence-corrected chi connectivity index (χ0v) is 13.7. The number of aryl methyl sites for hydroxylation is 1. The molecular weight excluding hydrogens is 347 g/mol. The molecule has 2 N–H and O–H groups in total. The third kappa shape index (κ3) is 3.07. The second kappa shape index (κ2) is 6.00. The van der Waals surface area contributed by atoms with Gasteiger partial charge in [0.25, 0.3) is 0 Å². The Kier molecular flexibility index (Phi) is 4.32. The molecule has 3 rings (SSSR count). The van der Waals surface area contributed by atoms with Gasteiger partial charge < -0.3 is 10.6 Å². The average molecular weight is 370 g/mol. The van der Waals surface area contributed by atoms with Crippen molar-refractivity contribution in [2.45, 2.75) is 51.1 Å². The van der Waals surface area contributed by atoms with Gasteiger partial charge in [-0.05, 0) is 91.4 Å². The van der Waals surface area contributed by atoms with Crippen LogP contribution in [-0.4, -0.2) is 18.6 Å². The summed E-state index contributed by atoms with van der Waals surface area (Å²) >= 11 is 2.38. The number of hydrogen-bond acceptors (Lipinski definition) is 2. The van der Waals surface area contributed by atoms with E-state index in [0.717, 1.165) is 12.0 Å². The molecule has 0 spiro atoms. The monoisotopic (exact) mass is 370 g/mol. The van der Waals surface area contributed by atoms with E-state index in [0.29, 0.717) is 6.04 Å². The van der Waals surface area contributed by atoms with Crippen molar-refractivity contribution in [3.8, 4) is 0 Å². The minimum absolute atomic E-state index is 0.661. The highest BCUT2D eigenvalue weighted by molar-refractivity contribution is 14.1. The second-order valence-corrected chi connectivity index (χ2v) is 7.25. The molecule has 0 radical (unpaired) electrons. The van der Waals surface area contributed by atoms with Crippen LogP contribution < -0.4 is 10.6 Å². The molecule has 1 aliphatic carbocycles. The van der Waals surface area contributed by atoms with Gasteiger partial charge in [-0.1, -0.05) is 6.42 Å². The molecule has 3 atom stereocenters. The Morgan fingerprint density at radius 1 is 1.21 bits per heavy atom. The van der Waals surface area contributed by atoms with E-state index in [9.17, 15) is 0 Å². The molecule has 2 fully saturated rings. The van der Waals surface area contributed by atoms with Gasteiger partial charge in [-0.3, -0.25) is 0 Å². The van der Waals surface area contributed by atoms with Crippen LogP contribution in [-0.2, 0) is 0 Å². The molecule has 3 heteroatoms. The first-order valence-corrected chi connectivity index (χ1v) is 8.58. The predicted molar refractivity (Wildman–Crippen MR) is 89.7 cm³/mol. The standard InChI is InChI=1S/C16H23IN2/c1-11-10-12(17)7-8-14(11)19-16-5-2-4-13(16)15-6-3-9-18-15/h7-8,10,13,15-16,18-19H,2-6,9H2,1H3. The quantitative estimate of drug-likeness (QED) is 0.788. The molecule has 104 valence electrons. The molecule has 1 aliphatic heterocycles. The Hall–Kier alpha value is -0.290. The highest BCUT2D eigenvalue weighted by Crippen LogP contribution is 2.34. The Labute approximate surface area is 129 Å². The SMILES string of the molecule is Cc1cc(I)ccc1NC1CCCC1C1CCCN1. The summed E-state index contributed by atoms with van der Waals surface area (Å²) in [6.45, 7) is 3.43. The zero-order valence-electron chi connectivity index (χ0n) is 11.6. The lowest BCUT2D eigenvalue weighted by Crippen LogP contribution is -2.38. The molecular formula is C16H23IN2. The lowest BCUT2D eigenvalue weighted by molar-refractivity contribution is 0.376. The molecule has 2 nitrogen and oxygen atoms in total. The van der Waals surface area contributed by atoms with E-state index in [1.807, 2.05) is 0 Å². The Morgan fingerprint density at radius 2 is 2.11 bits per heavy atom. The predicted octanol–water partition coefficient (Wildman–Crippen LogP) is 3.93. The minimum atomic E-state index is 0.661. The van der Waals surface area contributed by atoms with E-state index in [4.69, 9.17) is 0 Å². The normalized spacial score (nSPS) is 30.7. The van der Waals surface area contributed by atoms with Crippen LogP contribution in [0.5, 0.6) is 0 Å². The molecule has 1 heterocycles. The summed E-state index contributed by atoms with van der Waals surface area (Å²) in [5, 5.41) is 7.52. The first-order valence-electron chi connectivity index (χ1n) is 7.50. The summed E-state index contributed by atoms with van der Waals surface area (Å²) in [4.78, 5) is 0. The van der Waals surface area contributed by atoms with Gasteiger partial charge >= 0.3 is 0 Å². The van der Waals surface area contributed by atoms with Gasteiger partial charge in [0.2, 0.25) is 0 Å². The van der Waals surface area contributed by atoms with Crippen molar-refractivity contribution in [3.05, 3.63) is 27.3 Å². The van der Waals surface area contributed by atoms with Crippen molar-refractivity contribution in [1.82, 2.24) is 5.32 Å². The molecule has 0 amide bonds. The highest BCUT2D eigenvalue weighted by atomic mass is 127. The van der Waals surface area contributed by atoms with Gasteiger partial charge in [0, 0.05) is 21.3 Å². The van der Waals surface area contributed by atoms with Crippen LogP contribution in [0.2, 0.25) is 0 Å². The van der Waals surface area contributed by atoms with Crippen LogP contribution in [0, 0.1) is 16.4 Å². The molecule has 0 bridgehead atoms. The maximum atomic E-state index is 3.82. The van der Waals surface area contributed by atoms with E-state index in [-0.39, 0.29) is 0 Å². The first kappa shape index (κ1) is 13.7. The molecule has 1 aromatic carbocycles. The topological polar surface area (TPSA) is 24.1 Å². The maximum Gasteiger partial charge on any atom is 0.0372 e. The fourth-order valence-electron chi connectivity index (χ4n) is 3.72. The summed E-state index contributed by atoms with van der Waals surface area (Å²) in [7, 11) is 0. The van der Waals surface area contributed by atoms with Crippen LogP contribution in [0.3, 0.4) is 0 Å².